The maximum absolute atomic E-state index is 12.2. The van der Waals surface area contributed by atoms with E-state index < -0.39 is 5.69 Å². The second-order valence-electron chi connectivity index (χ2n) is 3.73. The third-order valence-corrected chi connectivity index (χ3v) is 2.63. The van der Waals surface area contributed by atoms with Gasteiger partial charge in [-0.2, -0.15) is 0 Å². The number of hydrogen-bond acceptors (Lipinski definition) is 4. The summed E-state index contributed by atoms with van der Waals surface area (Å²) in [6, 6.07) is 0. The highest BCUT2D eigenvalue weighted by Crippen LogP contribution is 2.01. The Morgan fingerprint density at radius 3 is 2.94 bits per heavy atom. The topological polar surface area (TPSA) is 81.9 Å². The van der Waals surface area contributed by atoms with Crippen LogP contribution in [0.25, 0.3) is 11.2 Å². The number of aromatic amines is 1. The van der Waals surface area contributed by atoms with Gasteiger partial charge in [0, 0.05) is 13.7 Å². The van der Waals surface area contributed by atoms with Crippen LogP contribution in [0.4, 0.5) is 0 Å². The van der Waals surface area contributed by atoms with Crippen molar-refractivity contribution in [3.8, 4) is 0 Å². The summed E-state index contributed by atoms with van der Waals surface area (Å²) in [4.78, 5) is 31.0. The molecule has 18 heavy (non-hydrogen) atoms. The van der Waals surface area contributed by atoms with Gasteiger partial charge in [-0.1, -0.05) is 6.08 Å². The molecule has 0 saturated heterocycles. The molecule has 2 heterocycles. The fourth-order valence-corrected chi connectivity index (χ4v) is 1.78. The Kier molecular flexibility index (Phi) is 3.42. The number of fused-ring (bicyclic) bond motifs is 1. The SMILES string of the molecule is C=CCn1c(=O)c2[nH]cnc2n(CCOC)c1=O. The zero-order chi connectivity index (χ0) is 13.1. The average Bonchev–Trinajstić information content (AvgIpc) is 2.84. The van der Waals surface area contributed by atoms with E-state index in [1.165, 1.54) is 17.0 Å². The van der Waals surface area contributed by atoms with Gasteiger partial charge in [0.15, 0.2) is 5.65 Å². The zero-order valence-corrected chi connectivity index (χ0v) is 10.0. The lowest BCUT2D eigenvalue weighted by atomic mass is 10.4. The van der Waals surface area contributed by atoms with Crippen LogP contribution in [0, 0.1) is 0 Å². The predicted molar refractivity (Wildman–Crippen MR) is 66.7 cm³/mol. The molecule has 0 aromatic carbocycles. The summed E-state index contributed by atoms with van der Waals surface area (Å²) in [6.07, 6.45) is 2.90. The minimum absolute atomic E-state index is 0.166. The number of H-pyrrole nitrogens is 1. The molecule has 0 unspecified atom stereocenters. The second-order valence-corrected chi connectivity index (χ2v) is 3.73. The van der Waals surface area contributed by atoms with E-state index in [-0.39, 0.29) is 12.1 Å². The predicted octanol–water partition coefficient (Wildman–Crippen LogP) is -0.281. The molecule has 0 saturated carbocycles. The van der Waals surface area contributed by atoms with E-state index in [4.69, 9.17) is 4.74 Å². The Labute approximate surface area is 102 Å². The van der Waals surface area contributed by atoms with Gasteiger partial charge in [0.1, 0.15) is 5.52 Å². The fourth-order valence-electron chi connectivity index (χ4n) is 1.78. The molecule has 2 aromatic heterocycles. The fraction of sp³-hybridized carbons (Fsp3) is 0.364. The standard InChI is InChI=1S/C11H14N4O3/c1-3-4-15-10(16)8-9(13-7-12-8)14(11(15)17)5-6-18-2/h3,7H,1,4-6H2,2H3,(H,12,13). The summed E-state index contributed by atoms with van der Waals surface area (Å²) in [5.74, 6) is 0. The number of methoxy groups -OCH3 is 1. The van der Waals surface area contributed by atoms with E-state index in [2.05, 4.69) is 16.5 Å². The van der Waals surface area contributed by atoms with Crippen LogP contribution in [0.3, 0.4) is 0 Å². The van der Waals surface area contributed by atoms with Gasteiger partial charge in [0.2, 0.25) is 0 Å². The van der Waals surface area contributed by atoms with Crippen LogP contribution >= 0.6 is 0 Å². The normalized spacial score (nSPS) is 10.9. The highest BCUT2D eigenvalue weighted by molar-refractivity contribution is 5.68. The number of ether oxygens (including phenoxy) is 1. The molecule has 0 fully saturated rings. The van der Waals surface area contributed by atoms with E-state index in [9.17, 15) is 9.59 Å². The van der Waals surface area contributed by atoms with Gasteiger partial charge >= 0.3 is 5.69 Å². The zero-order valence-electron chi connectivity index (χ0n) is 10.0. The van der Waals surface area contributed by atoms with Crippen LogP contribution in [0.1, 0.15) is 0 Å². The highest BCUT2D eigenvalue weighted by Gasteiger charge is 2.13. The van der Waals surface area contributed by atoms with Crippen molar-refractivity contribution in [3.63, 3.8) is 0 Å². The van der Waals surface area contributed by atoms with Gasteiger partial charge < -0.3 is 9.72 Å². The smallest absolute Gasteiger partial charge is 0.333 e. The lowest BCUT2D eigenvalue weighted by molar-refractivity contribution is 0.186. The van der Waals surface area contributed by atoms with Gasteiger partial charge in [-0.15, -0.1) is 6.58 Å². The molecule has 7 heteroatoms. The quantitative estimate of drug-likeness (QED) is 0.740. The summed E-state index contributed by atoms with van der Waals surface area (Å²) in [6.45, 7) is 4.42. The number of rotatable bonds is 5. The van der Waals surface area contributed by atoms with E-state index >= 15 is 0 Å². The van der Waals surface area contributed by atoms with Gasteiger partial charge in [-0.25, -0.2) is 9.78 Å². The maximum atomic E-state index is 12.2. The van der Waals surface area contributed by atoms with Crippen molar-refractivity contribution in [1.29, 1.82) is 0 Å². The molecule has 2 aromatic rings. The summed E-state index contributed by atoms with van der Waals surface area (Å²) in [5.41, 5.74) is -0.132. The van der Waals surface area contributed by atoms with E-state index in [0.717, 1.165) is 4.57 Å². The maximum Gasteiger partial charge on any atom is 0.333 e. The van der Waals surface area contributed by atoms with Crippen molar-refractivity contribution < 1.29 is 4.74 Å². The number of nitrogens with zero attached hydrogens (tertiary/aromatic N) is 3. The van der Waals surface area contributed by atoms with Gasteiger partial charge in [-0.3, -0.25) is 13.9 Å². The number of imidazole rings is 1. The van der Waals surface area contributed by atoms with Crippen molar-refractivity contribution in [3.05, 3.63) is 39.8 Å². The highest BCUT2D eigenvalue weighted by atomic mass is 16.5. The number of aromatic nitrogens is 4. The lowest BCUT2D eigenvalue weighted by Gasteiger charge is -2.09. The van der Waals surface area contributed by atoms with Gasteiger partial charge in [0.25, 0.3) is 5.56 Å². The van der Waals surface area contributed by atoms with E-state index in [1.807, 2.05) is 0 Å². The first-order valence-electron chi connectivity index (χ1n) is 5.47. The van der Waals surface area contributed by atoms with Crippen LogP contribution in [0.15, 0.2) is 28.6 Å². The molecule has 0 bridgehead atoms. The molecule has 2 rings (SSSR count). The molecule has 0 atom stereocenters. The molecule has 0 amide bonds. The van der Waals surface area contributed by atoms with Crippen LogP contribution in [-0.4, -0.2) is 32.8 Å². The van der Waals surface area contributed by atoms with Gasteiger partial charge in [-0.05, 0) is 0 Å². The van der Waals surface area contributed by atoms with Crippen molar-refractivity contribution >= 4 is 11.2 Å². The molecule has 1 N–H and O–H groups in total. The Morgan fingerprint density at radius 2 is 2.28 bits per heavy atom. The Balaban J connectivity index is 2.74. The second kappa shape index (κ2) is 5.01. The number of nitrogens with one attached hydrogen (secondary N) is 1. The number of hydrogen-bond donors (Lipinski definition) is 1. The molecule has 96 valence electrons. The first kappa shape index (κ1) is 12.3. The first-order chi connectivity index (χ1) is 8.70. The molecule has 0 aliphatic rings. The van der Waals surface area contributed by atoms with Crippen molar-refractivity contribution in [2.24, 2.45) is 0 Å². The minimum atomic E-state index is -0.406. The molecule has 0 aliphatic carbocycles. The van der Waals surface area contributed by atoms with Gasteiger partial charge in [0.05, 0.1) is 19.5 Å². The molecule has 7 nitrogen and oxygen atoms in total. The van der Waals surface area contributed by atoms with Crippen LogP contribution < -0.4 is 11.2 Å². The van der Waals surface area contributed by atoms with Crippen LogP contribution in [0.5, 0.6) is 0 Å². The largest absolute Gasteiger partial charge is 0.383 e. The third kappa shape index (κ3) is 1.88. The summed E-state index contributed by atoms with van der Waals surface area (Å²) in [7, 11) is 1.55. The molecular formula is C11H14N4O3. The molecule has 0 aliphatic heterocycles. The first-order valence-corrected chi connectivity index (χ1v) is 5.47. The van der Waals surface area contributed by atoms with Crippen molar-refractivity contribution in [2.45, 2.75) is 13.1 Å². The van der Waals surface area contributed by atoms with Crippen molar-refractivity contribution in [1.82, 2.24) is 19.1 Å². The summed E-state index contributed by atoms with van der Waals surface area (Å²) < 4.78 is 7.48. The lowest BCUT2D eigenvalue weighted by Crippen LogP contribution is -2.40. The number of allylic oxidation sites excluding steroid dienone is 1. The Hall–Kier alpha value is -2.15. The average molecular weight is 250 g/mol. The third-order valence-electron chi connectivity index (χ3n) is 2.63. The minimum Gasteiger partial charge on any atom is -0.383 e. The molecular weight excluding hydrogens is 236 g/mol. The Morgan fingerprint density at radius 1 is 1.50 bits per heavy atom. The molecule has 0 radical (unpaired) electrons. The molecule has 0 spiro atoms. The van der Waals surface area contributed by atoms with Crippen LogP contribution in [-0.2, 0) is 17.8 Å². The summed E-state index contributed by atoms with van der Waals surface area (Å²) in [5, 5.41) is 0. The monoisotopic (exact) mass is 250 g/mol. The van der Waals surface area contributed by atoms with E-state index in [1.54, 1.807) is 7.11 Å². The Bertz CT molecular complexity index is 680. The van der Waals surface area contributed by atoms with Crippen molar-refractivity contribution in [2.75, 3.05) is 13.7 Å². The van der Waals surface area contributed by atoms with Crippen LogP contribution in [0.2, 0.25) is 0 Å². The van der Waals surface area contributed by atoms with E-state index in [0.29, 0.717) is 24.3 Å². The summed E-state index contributed by atoms with van der Waals surface area (Å²) >= 11 is 0.